The molecule has 1 heterocycles. The van der Waals surface area contributed by atoms with Crippen LogP contribution in [0, 0.1) is 5.92 Å². The summed E-state index contributed by atoms with van der Waals surface area (Å²) in [6, 6.07) is 7.31. The SMILES string of the molecule is CC(=O)N1CC[C@H](CN(C)[C@H](C)c2ccc(S(C)(=O)=O)cc2)C1. The Kier molecular flexibility index (Phi) is 5.47. The number of nitrogens with zero attached hydrogens (tertiary/aromatic N) is 2. The van der Waals surface area contributed by atoms with Gasteiger partial charge in [-0.15, -0.1) is 0 Å². The summed E-state index contributed by atoms with van der Waals surface area (Å²) in [5, 5.41) is 0. The van der Waals surface area contributed by atoms with E-state index in [1.165, 1.54) is 6.26 Å². The van der Waals surface area contributed by atoms with E-state index < -0.39 is 9.84 Å². The molecule has 0 radical (unpaired) electrons. The van der Waals surface area contributed by atoms with Crippen molar-refractivity contribution in [2.24, 2.45) is 5.92 Å². The highest BCUT2D eigenvalue weighted by atomic mass is 32.2. The number of carbonyl (C=O) groups excluding carboxylic acids is 1. The molecular weight excluding hydrogens is 312 g/mol. The molecule has 0 saturated carbocycles. The molecule has 0 aliphatic carbocycles. The summed E-state index contributed by atoms with van der Waals surface area (Å²) in [5.41, 5.74) is 1.10. The van der Waals surface area contributed by atoms with E-state index in [1.807, 2.05) is 17.0 Å². The molecule has 128 valence electrons. The molecule has 1 fully saturated rings. The molecule has 1 aliphatic heterocycles. The number of amides is 1. The highest BCUT2D eigenvalue weighted by molar-refractivity contribution is 7.90. The van der Waals surface area contributed by atoms with Gasteiger partial charge in [0.05, 0.1) is 4.90 Å². The third-order valence-electron chi connectivity index (χ3n) is 4.73. The topological polar surface area (TPSA) is 57.7 Å². The molecule has 2 rings (SSSR count). The lowest BCUT2D eigenvalue weighted by Gasteiger charge is -2.28. The van der Waals surface area contributed by atoms with Crippen molar-refractivity contribution in [1.82, 2.24) is 9.80 Å². The van der Waals surface area contributed by atoms with Crippen LogP contribution in [0.4, 0.5) is 0 Å². The van der Waals surface area contributed by atoms with Crippen LogP contribution in [0.25, 0.3) is 0 Å². The Balaban J connectivity index is 1.97. The lowest BCUT2D eigenvalue weighted by molar-refractivity contribution is -0.127. The van der Waals surface area contributed by atoms with Crippen LogP contribution in [0.5, 0.6) is 0 Å². The molecule has 0 unspecified atom stereocenters. The van der Waals surface area contributed by atoms with Crippen LogP contribution in [-0.2, 0) is 14.6 Å². The van der Waals surface area contributed by atoms with Gasteiger partial charge in [0.2, 0.25) is 5.91 Å². The third kappa shape index (κ3) is 4.54. The van der Waals surface area contributed by atoms with Crippen molar-refractivity contribution < 1.29 is 13.2 Å². The molecule has 1 aromatic carbocycles. The molecular formula is C17H26N2O3S. The van der Waals surface area contributed by atoms with Crippen molar-refractivity contribution in [1.29, 1.82) is 0 Å². The van der Waals surface area contributed by atoms with E-state index in [4.69, 9.17) is 0 Å². The first-order valence-corrected chi connectivity index (χ1v) is 9.83. The number of hydrogen-bond acceptors (Lipinski definition) is 4. The summed E-state index contributed by atoms with van der Waals surface area (Å²) < 4.78 is 23.0. The van der Waals surface area contributed by atoms with Crippen molar-refractivity contribution in [3.05, 3.63) is 29.8 Å². The molecule has 6 heteroatoms. The minimum Gasteiger partial charge on any atom is -0.343 e. The molecule has 1 saturated heterocycles. The molecule has 0 aromatic heterocycles. The number of benzene rings is 1. The highest BCUT2D eigenvalue weighted by Gasteiger charge is 2.26. The van der Waals surface area contributed by atoms with Crippen LogP contribution < -0.4 is 0 Å². The molecule has 5 nitrogen and oxygen atoms in total. The van der Waals surface area contributed by atoms with Gasteiger partial charge in [-0.2, -0.15) is 0 Å². The molecule has 0 spiro atoms. The fourth-order valence-electron chi connectivity index (χ4n) is 3.08. The van der Waals surface area contributed by atoms with Gasteiger partial charge < -0.3 is 4.90 Å². The van der Waals surface area contributed by atoms with E-state index in [-0.39, 0.29) is 11.9 Å². The number of carbonyl (C=O) groups is 1. The molecule has 1 aromatic rings. The number of rotatable bonds is 5. The second kappa shape index (κ2) is 7.01. The Morgan fingerprint density at radius 2 is 1.96 bits per heavy atom. The molecule has 2 atom stereocenters. The summed E-state index contributed by atoms with van der Waals surface area (Å²) in [4.78, 5) is 15.9. The maximum Gasteiger partial charge on any atom is 0.219 e. The Hall–Kier alpha value is -1.40. The maximum atomic E-state index is 11.5. The van der Waals surface area contributed by atoms with Crippen molar-refractivity contribution in [2.45, 2.75) is 31.2 Å². The predicted molar refractivity (Wildman–Crippen MR) is 91.0 cm³/mol. The van der Waals surface area contributed by atoms with E-state index in [1.54, 1.807) is 19.1 Å². The third-order valence-corrected chi connectivity index (χ3v) is 5.86. The van der Waals surface area contributed by atoms with Crippen LogP contribution in [0.3, 0.4) is 0 Å². The summed E-state index contributed by atoms with van der Waals surface area (Å²) in [7, 11) is -1.07. The molecule has 23 heavy (non-hydrogen) atoms. The van der Waals surface area contributed by atoms with E-state index >= 15 is 0 Å². The molecule has 1 amide bonds. The smallest absolute Gasteiger partial charge is 0.219 e. The van der Waals surface area contributed by atoms with E-state index in [0.29, 0.717) is 10.8 Å². The zero-order chi connectivity index (χ0) is 17.2. The zero-order valence-electron chi connectivity index (χ0n) is 14.3. The van der Waals surface area contributed by atoms with Crippen LogP contribution in [-0.4, -0.2) is 57.1 Å². The molecule has 1 aliphatic rings. The van der Waals surface area contributed by atoms with Crippen LogP contribution in [0.1, 0.15) is 31.9 Å². The van der Waals surface area contributed by atoms with Gasteiger partial charge in [-0.1, -0.05) is 12.1 Å². The van der Waals surface area contributed by atoms with Gasteiger partial charge in [-0.25, -0.2) is 8.42 Å². The summed E-state index contributed by atoms with van der Waals surface area (Å²) >= 11 is 0. The van der Waals surface area contributed by atoms with Gasteiger partial charge in [0.15, 0.2) is 9.84 Å². The lowest BCUT2D eigenvalue weighted by atomic mass is 10.0. The average Bonchev–Trinajstić information content (AvgIpc) is 2.94. The Bertz CT molecular complexity index is 655. The zero-order valence-corrected chi connectivity index (χ0v) is 15.1. The number of likely N-dealkylation sites (tertiary alicyclic amines) is 1. The van der Waals surface area contributed by atoms with Crippen LogP contribution in [0.15, 0.2) is 29.2 Å². The fraction of sp³-hybridized carbons (Fsp3) is 0.588. The van der Waals surface area contributed by atoms with Gasteiger partial charge in [0, 0.05) is 38.9 Å². The Morgan fingerprint density at radius 3 is 2.43 bits per heavy atom. The first-order valence-electron chi connectivity index (χ1n) is 7.94. The first kappa shape index (κ1) is 17.9. The van der Waals surface area contributed by atoms with Gasteiger partial charge in [0.25, 0.3) is 0 Å². The monoisotopic (exact) mass is 338 g/mol. The van der Waals surface area contributed by atoms with Crippen LogP contribution >= 0.6 is 0 Å². The Morgan fingerprint density at radius 1 is 1.35 bits per heavy atom. The number of sulfone groups is 1. The largest absolute Gasteiger partial charge is 0.343 e. The van der Waals surface area contributed by atoms with E-state index in [9.17, 15) is 13.2 Å². The maximum absolute atomic E-state index is 11.5. The lowest BCUT2D eigenvalue weighted by Crippen LogP contribution is -2.31. The van der Waals surface area contributed by atoms with E-state index in [0.717, 1.165) is 31.6 Å². The quantitative estimate of drug-likeness (QED) is 0.823. The van der Waals surface area contributed by atoms with Gasteiger partial charge >= 0.3 is 0 Å². The number of hydrogen-bond donors (Lipinski definition) is 0. The standard InChI is InChI=1S/C17H26N2O3S/c1-13(16-5-7-17(8-6-16)23(4,21)22)18(3)11-15-9-10-19(12-15)14(2)20/h5-8,13,15H,9-12H2,1-4H3/t13-,15-/m1/s1. The minimum absolute atomic E-state index is 0.152. The van der Waals surface area contributed by atoms with Gasteiger partial charge in [-0.05, 0) is 44.0 Å². The van der Waals surface area contributed by atoms with Crippen LogP contribution in [0.2, 0.25) is 0 Å². The van der Waals surface area contributed by atoms with Crippen molar-refractivity contribution in [3.8, 4) is 0 Å². The van der Waals surface area contributed by atoms with Crippen molar-refractivity contribution in [2.75, 3.05) is 32.9 Å². The molecule has 0 N–H and O–H groups in total. The average molecular weight is 338 g/mol. The molecule has 0 bridgehead atoms. The van der Waals surface area contributed by atoms with Crippen molar-refractivity contribution in [3.63, 3.8) is 0 Å². The minimum atomic E-state index is -3.15. The second-order valence-corrected chi connectivity index (χ2v) is 8.59. The summed E-state index contributed by atoms with van der Waals surface area (Å²) in [6.45, 7) is 6.36. The summed E-state index contributed by atoms with van der Waals surface area (Å²) in [5.74, 6) is 0.654. The first-order chi connectivity index (χ1) is 10.7. The Labute approximate surface area is 139 Å². The fourth-order valence-corrected chi connectivity index (χ4v) is 3.71. The van der Waals surface area contributed by atoms with Gasteiger partial charge in [0.1, 0.15) is 0 Å². The second-order valence-electron chi connectivity index (χ2n) is 6.58. The predicted octanol–water partition coefficient (Wildman–Crippen LogP) is 1.95. The van der Waals surface area contributed by atoms with Gasteiger partial charge in [-0.3, -0.25) is 9.69 Å². The van der Waals surface area contributed by atoms with Crippen molar-refractivity contribution >= 4 is 15.7 Å². The normalized spacial score (nSPS) is 20.0. The highest BCUT2D eigenvalue weighted by Crippen LogP contribution is 2.24. The van der Waals surface area contributed by atoms with E-state index in [2.05, 4.69) is 18.9 Å². The summed E-state index contributed by atoms with van der Waals surface area (Å²) in [6.07, 6.45) is 2.27.